The minimum atomic E-state index is -2.81. The van der Waals surface area contributed by atoms with Crippen LogP contribution in [0.2, 0.25) is 0 Å². The highest BCUT2D eigenvalue weighted by Crippen LogP contribution is 2.45. The van der Waals surface area contributed by atoms with E-state index in [0.29, 0.717) is 0 Å². The van der Waals surface area contributed by atoms with Crippen molar-refractivity contribution in [2.45, 2.75) is 18.3 Å². The average molecular weight is 393 g/mol. The first kappa shape index (κ1) is 19.0. The van der Waals surface area contributed by atoms with Crippen LogP contribution in [0.15, 0.2) is 78.9 Å². The van der Waals surface area contributed by atoms with Crippen LogP contribution in [0.3, 0.4) is 0 Å². The van der Waals surface area contributed by atoms with Crippen LogP contribution in [0, 0.1) is 5.82 Å². The molecular formula is C23H17F2NO3. The molecule has 0 spiro atoms. The molecule has 0 aliphatic carbocycles. The average Bonchev–Trinajstić information content (AvgIpc) is 2.96. The minimum absolute atomic E-state index is 0.0145. The summed E-state index contributed by atoms with van der Waals surface area (Å²) in [5.74, 6) is -2.78. The molecule has 0 unspecified atom stereocenters. The molecular weight excluding hydrogens is 376 g/mol. The summed E-state index contributed by atoms with van der Waals surface area (Å²) in [5, 5.41) is 11.1. The van der Waals surface area contributed by atoms with E-state index in [1.54, 1.807) is 42.5 Å². The molecule has 0 saturated heterocycles. The summed E-state index contributed by atoms with van der Waals surface area (Å²) in [7, 11) is 0. The number of nitrogens with zero attached hydrogens (tertiary/aromatic N) is 1. The first-order valence-corrected chi connectivity index (χ1v) is 9.04. The summed E-state index contributed by atoms with van der Waals surface area (Å²) < 4.78 is 29.3. The lowest BCUT2D eigenvalue weighted by Gasteiger charge is -2.26. The number of ketones is 1. The Morgan fingerprint density at radius 2 is 1.62 bits per heavy atom. The highest BCUT2D eigenvalue weighted by molar-refractivity contribution is 6.12. The maximum absolute atomic E-state index is 15.4. The molecule has 1 aliphatic heterocycles. The smallest absolute Gasteiger partial charge is 0.267 e. The molecule has 146 valence electrons. The molecule has 0 aromatic heterocycles. The third kappa shape index (κ3) is 3.11. The number of fused-ring (bicyclic) bond motifs is 1. The first-order chi connectivity index (χ1) is 13.9. The summed E-state index contributed by atoms with van der Waals surface area (Å²) >= 11 is 0. The van der Waals surface area contributed by atoms with Gasteiger partial charge in [-0.25, -0.2) is 8.78 Å². The Kier molecular flexibility index (Phi) is 4.72. The maximum atomic E-state index is 15.4. The van der Waals surface area contributed by atoms with Gasteiger partial charge in [0.05, 0.1) is 12.2 Å². The third-order valence-electron chi connectivity index (χ3n) is 5.07. The monoisotopic (exact) mass is 393 g/mol. The topological polar surface area (TPSA) is 57.6 Å². The molecule has 6 heteroatoms. The number of hydrogen-bond acceptors (Lipinski definition) is 3. The fourth-order valence-corrected chi connectivity index (χ4v) is 3.59. The number of hydrogen-bond donors (Lipinski definition) is 1. The zero-order valence-electron chi connectivity index (χ0n) is 15.3. The lowest BCUT2D eigenvalue weighted by atomic mass is 9.86. The molecule has 1 amide bonds. The maximum Gasteiger partial charge on any atom is 0.267 e. The zero-order valence-corrected chi connectivity index (χ0v) is 15.3. The Labute approximate surface area is 166 Å². The van der Waals surface area contributed by atoms with Gasteiger partial charge in [-0.1, -0.05) is 60.7 Å². The van der Waals surface area contributed by atoms with Gasteiger partial charge in [-0.3, -0.25) is 9.59 Å². The number of carbonyl (C=O) groups is 2. The largest absolute Gasteiger partial charge is 0.373 e. The van der Waals surface area contributed by atoms with Gasteiger partial charge < -0.3 is 10.0 Å². The van der Waals surface area contributed by atoms with E-state index in [2.05, 4.69) is 0 Å². The van der Waals surface area contributed by atoms with Crippen molar-refractivity contribution >= 4 is 17.4 Å². The summed E-state index contributed by atoms with van der Waals surface area (Å²) in [6.07, 6.45) is -2.58. The number of halogens is 2. The molecule has 4 rings (SSSR count). The number of anilines is 1. The number of carbonyl (C=O) groups excluding carboxylic acids is 2. The van der Waals surface area contributed by atoms with E-state index in [-0.39, 0.29) is 23.4 Å². The van der Waals surface area contributed by atoms with Crippen molar-refractivity contribution in [1.29, 1.82) is 0 Å². The summed E-state index contributed by atoms with van der Waals surface area (Å²) in [6, 6.07) is 19.8. The van der Waals surface area contributed by atoms with Gasteiger partial charge in [0.1, 0.15) is 5.82 Å². The summed E-state index contributed by atoms with van der Waals surface area (Å²) in [6.45, 7) is 0.0485. The molecule has 0 radical (unpaired) electrons. The molecule has 4 nitrogen and oxygen atoms in total. The standard InChI is InChI=1S/C23H17F2NO3/c24-17-11-12-19-18(13-17)23(29,21(25)20(27)16-9-5-2-6-10-16)22(28)26(19)14-15-7-3-1-4-8-15/h1-13,21,29H,14H2/t21-,23-/m1/s1. The van der Waals surface area contributed by atoms with E-state index in [0.717, 1.165) is 17.7 Å². The zero-order chi connectivity index (χ0) is 20.6. The molecule has 3 aromatic rings. The SMILES string of the molecule is O=C(c1ccccc1)[C@@H](F)[C@@]1(O)C(=O)N(Cc2ccccc2)c2ccc(F)cc21. The van der Waals surface area contributed by atoms with Crippen LogP contribution >= 0.6 is 0 Å². The van der Waals surface area contributed by atoms with Gasteiger partial charge in [-0.2, -0.15) is 0 Å². The van der Waals surface area contributed by atoms with E-state index >= 15 is 4.39 Å². The van der Waals surface area contributed by atoms with Gasteiger partial charge in [0, 0.05) is 11.1 Å². The molecule has 29 heavy (non-hydrogen) atoms. The number of Topliss-reactive ketones (excluding diaryl/α,β-unsaturated/α-hetero) is 1. The van der Waals surface area contributed by atoms with Gasteiger partial charge >= 0.3 is 0 Å². The van der Waals surface area contributed by atoms with Crippen molar-refractivity contribution in [1.82, 2.24) is 0 Å². The fraction of sp³-hybridized carbons (Fsp3) is 0.130. The van der Waals surface area contributed by atoms with Crippen molar-refractivity contribution in [2.24, 2.45) is 0 Å². The molecule has 0 fully saturated rings. The van der Waals surface area contributed by atoms with E-state index < -0.39 is 29.3 Å². The molecule has 0 saturated carbocycles. The van der Waals surface area contributed by atoms with Gasteiger partial charge in [0.25, 0.3) is 5.91 Å². The predicted molar refractivity (Wildman–Crippen MR) is 104 cm³/mol. The Bertz CT molecular complexity index is 1070. The Morgan fingerprint density at radius 3 is 2.28 bits per heavy atom. The van der Waals surface area contributed by atoms with Crippen molar-refractivity contribution in [3.8, 4) is 0 Å². The van der Waals surface area contributed by atoms with Gasteiger partial charge in [-0.05, 0) is 23.8 Å². The van der Waals surface area contributed by atoms with Crippen molar-refractivity contribution in [2.75, 3.05) is 4.90 Å². The molecule has 2 atom stereocenters. The molecule has 1 aliphatic rings. The Balaban J connectivity index is 1.78. The van der Waals surface area contributed by atoms with Gasteiger partial charge in [-0.15, -0.1) is 0 Å². The second kappa shape index (κ2) is 7.22. The lowest BCUT2D eigenvalue weighted by molar-refractivity contribution is -0.141. The summed E-state index contributed by atoms with van der Waals surface area (Å²) in [4.78, 5) is 27.0. The quantitative estimate of drug-likeness (QED) is 0.671. The number of amides is 1. The van der Waals surface area contributed by atoms with Crippen LogP contribution in [0.4, 0.5) is 14.5 Å². The first-order valence-electron chi connectivity index (χ1n) is 9.04. The van der Waals surface area contributed by atoms with Crippen LogP contribution in [0.25, 0.3) is 0 Å². The fourth-order valence-electron chi connectivity index (χ4n) is 3.59. The van der Waals surface area contributed by atoms with Crippen LogP contribution in [0.1, 0.15) is 21.5 Å². The highest BCUT2D eigenvalue weighted by Gasteiger charge is 2.58. The lowest BCUT2D eigenvalue weighted by Crippen LogP contribution is -2.49. The Morgan fingerprint density at radius 1 is 1.00 bits per heavy atom. The molecule has 1 N–H and O–H groups in total. The second-order valence-corrected chi connectivity index (χ2v) is 6.90. The number of alkyl halides is 1. The second-order valence-electron chi connectivity index (χ2n) is 6.90. The summed E-state index contributed by atoms with van der Waals surface area (Å²) in [5.41, 5.74) is -2.13. The predicted octanol–water partition coefficient (Wildman–Crippen LogP) is 3.78. The van der Waals surface area contributed by atoms with Crippen LogP contribution in [-0.4, -0.2) is 23.0 Å². The third-order valence-corrected chi connectivity index (χ3v) is 5.07. The van der Waals surface area contributed by atoms with E-state index in [1.807, 2.05) is 6.07 Å². The van der Waals surface area contributed by atoms with Crippen molar-refractivity contribution < 1.29 is 23.5 Å². The highest BCUT2D eigenvalue weighted by atomic mass is 19.1. The van der Waals surface area contributed by atoms with Gasteiger partial charge in [0.2, 0.25) is 17.6 Å². The number of benzene rings is 3. The van der Waals surface area contributed by atoms with Crippen LogP contribution in [0.5, 0.6) is 0 Å². The van der Waals surface area contributed by atoms with E-state index in [9.17, 15) is 19.1 Å². The van der Waals surface area contributed by atoms with E-state index in [4.69, 9.17) is 0 Å². The number of aliphatic hydroxyl groups is 1. The van der Waals surface area contributed by atoms with Crippen LogP contribution < -0.4 is 4.90 Å². The molecule has 3 aromatic carbocycles. The normalized spacial score (nSPS) is 19.1. The Hall–Kier alpha value is -3.38. The van der Waals surface area contributed by atoms with Crippen molar-refractivity contribution in [3.63, 3.8) is 0 Å². The van der Waals surface area contributed by atoms with Crippen LogP contribution in [-0.2, 0) is 16.9 Å². The molecule has 0 bridgehead atoms. The minimum Gasteiger partial charge on any atom is -0.373 e. The molecule has 1 heterocycles. The number of rotatable bonds is 5. The van der Waals surface area contributed by atoms with Crippen molar-refractivity contribution in [3.05, 3.63) is 101 Å². The van der Waals surface area contributed by atoms with E-state index in [1.165, 1.54) is 23.1 Å². The van der Waals surface area contributed by atoms with Gasteiger partial charge in [0.15, 0.2) is 0 Å².